The van der Waals surface area contributed by atoms with Gasteiger partial charge in [-0.25, -0.2) is 0 Å². The van der Waals surface area contributed by atoms with Crippen molar-refractivity contribution in [2.75, 3.05) is 31.6 Å². The van der Waals surface area contributed by atoms with Crippen molar-refractivity contribution in [3.63, 3.8) is 0 Å². The summed E-state index contributed by atoms with van der Waals surface area (Å²) in [4.78, 5) is 26.4. The van der Waals surface area contributed by atoms with Gasteiger partial charge in [0.2, 0.25) is 11.8 Å². The minimum Gasteiger partial charge on any atom is -0.492 e. The Hall–Kier alpha value is -2.86. The maximum absolute atomic E-state index is 12.2. The number of para-hydroxylation sites is 1. The van der Waals surface area contributed by atoms with Crippen molar-refractivity contribution >= 4 is 17.5 Å². The number of carbonyl (C=O) groups is 2. The van der Waals surface area contributed by atoms with Crippen LogP contribution in [0, 0.1) is 13.8 Å². The predicted octanol–water partition coefficient (Wildman–Crippen LogP) is 2.64. The number of nitrogens with one attached hydrogen (secondary N) is 2. The molecule has 1 aliphatic heterocycles. The second kappa shape index (κ2) is 9.37. The van der Waals surface area contributed by atoms with Gasteiger partial charge in [0.1, 0.15) is 12.4 Å². The molecule has 0 radical (unpaired) electrons. The Morgan fingerprint density at radius 3 is 2.75 bits per heavy atom. The first-order valence-electron chi connectivity index (χ1n) is 9.58. The zero-order chi connectivity index (χ0) is 19.9. The number of aryl methyl sites for hydroxylation is 2. The second-order valence-electron chi connectivity index (χ2n) is 7.13. The molecule has 2 aromatic rings. The van der Waals surface area contributed by atoms with Gasteiger partial charge in [-0.2, -0.15) is 0 Å². The Balaban J connectivity index is 1.41. The first-order valence-corrected chi connectivity index (χ1v) is 9.58. The molecular formula is C22H27N3O3. The number of anilines is 1. The SMILES string of the molecule is Cc1ccc(NC(=O)CCNC(=O)CN2CCOc3ccccc3C2)c(C)c1. The molecule has 0 bridgehead atoms. The molecule has 0 spiro atoms. The minimum atomic E-state index is -0.107. The molecule has 0 aromatic heterocycles. The molecule has 0 aliphatic carbocycles. The standard InChI is InChI=1S/C22H27N3O3/c1-16-7-8-19(17(2)13-16)24-21(26)9-10-23-22(27)15-25-11-12-28-20-6-4-3-5-18(20)14-25/h3-8,13H,9-12,14-15H2,1-2H3,(H,23,27)(H,24,26). The Kier molecular flexibility index (Phi) is 6.66. The van der Waals surface area contributed by atoms with Crippen LogP contribution in [0.1, 0.15) is 23.1 Å². The van der Waals surface area contributed by atoms with E-state index in [0.717, 1.165) is 28.1 Å². The van der Waals surface area contributed by atoms with Crippen LogP contribution < -0.4 is 15.4 Å². The molecular weight excluding hydrogens is 354 g/mol. The Morgan fingerprint density at radius 2 is 1.93 bits per heavy atom. The van der Waals surface area contributed by atoms with Crippen LogP contribution in [-0.2, 0) is 16.1 Å². The van der Waals surface area contributed by atoms with Crippen molar-refractivity contribution in [1.29, 1.82) is 0 Å². The topological polar surface area (TPSA) is 70.7 Å². The average Bonchev–Trinajstić information content (AvgIpc) is 2.85. The number of amides is 2. The molecule has 148 valence electrons. The number of hydrogen-bond acceptors (Lipinski definition) is 4. The van der Waals surface area contributed by atoms with E-state index >= 15 is 0 Å². The van der Waals surface area contributed by atoms with E-state index in [1.165, 1.54) is 0 Å². The predicted molar refractivity (Wildman–Crippen MR) is 109 cm³/mol. The van der Waals surface area contributed by atoms with Gasteiger partial charge in [0.05, 0.1) is 6.54 Å². The lowest BCUT2D eigenvalue weighted by Crippen LogP contribution is -2.38. The summed E-state index contributed by atoms with van der Waals surface area (Å²) in [6.45, 7) is 6.51. The minimum absolute atomic E-state index is 0.0845. The van der Waals surface area contributed by atoms with E-state index in [0.29, 0.717) is 26.2 Å². The van der Waals surface area contributed by atoms with E-state index < -0.39 is 0 Å². The number of carbonyl (C=O) groups excluding carboxylic acids is 2. The molecule has 6 nitrogen and oxygen atoms in total. The fourth-order valence-corrected chi connectivity index (χ4v) is 3.26. The molecule has 0 unspecified atom stereocenters. The summed E-state index contributed by atoms with van der Waals surface area (Å²) in [7, 11) is 0. The second-order valence-corrected chi connectivity index (χ2v) is 7.13. The third-order valence-corrected chi connectivity index (χ3v) is 4.73. The average molecular weight is 381 g/mol. The lowest BCUT2D eigenvalue weighted by atomic mass is 10.1. The summed E-state index contributed by atoms with van der Waals surface area (Å²) in [6, 6.07) is 13.8. The summed E-state index contributed by atoms with van der Waals surface area (Å²) in [6.07, 6.45) is 0.241. The van der Waals surface area contributed by atoms with Crippen LogP contribution in [0.5, 0.6) is 5.75 Å². The van der Waals surface area contributed by atoms with Crippen molar-refractivity contribution < 1.29 is 14.3 Å². The third kappa shape index (κ3) is 5.57. The maximum Gasteiger partial charge on any atom is 0.234 e. The molecule has 1 aliphatic rings. The van der Waals surface area contributed by atoms with Gasteiger partial charge in [-0.3, -0.25) is 14.5 Å². The van der Waals surface area contributed by atoms with Gasteiger partial charge in [0.15, 0.2) is 0 Å². The molecule has 6 heteroatoms. The molecule has 0 fully saturated rings. The molecule has 0 saturated carbocycles. The lowest BCUT2D eigenvalue weighted by molar-refractivity contribution is -0.122. The normalized spacial score (nSPS) is 13.8. The van der Waals surface area contributed by atoms with E-state index in [4.69, 9.17) is 4.74 Å². The number of fused-ring (bicyclic) bond motifs is 1. The number of nitrogens with zero attached hydrogens (tertiary/aromatic N) is 1. The highest BCUT2D eigenvalue weighted by Crippen LogP contribution is 2.22. The van der Waals surface area contributed by atoms with E-state index in [1.54, 1.807) is 0 Å². The van der Waals surface area contributed by atoms with Gasteiger partial charge in [-0.15, -0.1) is 0 Å². The monoisotopic (exact) mass is 381 g/mol. The quantitative estimate of drug-likeness (QED) is 0.807. The van der Waals surface area contributed by atoms with Gasteiger partial charge >= 0.3 is 0 Å². The summed E-state index contributed by atoms with van der Waals surface area (Å²) in [5.74, 6) is 0.691. The Morgan fingerprint density at radius 1 is 1.11 bits per heavy atom. The molecule has 1 heterocycles. The number of rotatable bonds is 6. The Labute approximate surface area is 165 Å². The van der Waals surface area contributed by atoms with Crippen LogP contribution in [0.3, 0.4) is 0 Å². The molecule has 28 heavy (non-hydrogen) atoms. The van der Waals surface area contributed by atoms with Crippen LogP contribution in [0.25, 0.3) is 0 Å². The summed E-state index contributed by atoms with van der Waals surface area (Å²) < 4.78 is 5.72. The van der Waals surface area contributed by atoms with E-state index in [2.05, 4.69) is 15.5 Å². The van der Waals surface area contributed by atoms with Crippen molar-refractivity contribution in [1.82, 2.24) is 10.2 Å². The van der Waals surface area contributed by atoms with Crippen LogP contribution >= 0.6 is 0 Å². The highest BCUT2D eigenvalue weighted by molar-refractivity contribution is 5.92. The first kappa shape index (κ1) is 19.9. The summed E-state index contributed by atoms with van der Waals surface area (Å²) in [5.41, 5.74) is 4.08. The smallest absolute Gasteiger partial charge is 0.234 e. The highest BCUT2D eigenvalue weighted by atomic mass is 16.5. The molecule has 0 atom stereocenters. The molecule has 2 amide bonds. The van der Waals surface area contributed by atoms with Crippen LogP contribution in [0.15, 0.2) is 42.5 Å². The fourth-order valence-electron chi connectivity index (χ4n) is 3.26. The Bertz CT molecular complexity index is 851. The van der Waals surface area contributed by atoms with Gasteiger partial charge in [-0.05, 0) is 31.5 Å². The largest absolute Gasteiger partial charge is 0.492 e. The van der Waals surface area contributed by atoms with Crippen molar-refractivity contribution in [2.45, 2.75) is 26.8 Å². The van der Waals surface area contributed by atoms with Crippen LogP contribution in [-0.4, -0.2) is 43.0 Å². The van der Waals surface area contributed by atoms with E-state index in [1.807, 2.05) is 56.3 Å². The molecule has 2 aromatic carbocycles. The molecule has 0 saturated heterocycles. The zero-order valence-electron chi connectivity index (χ0n) is 16.5. The maximum atomic E-state index is 12.2. The number of hydrogen-bond donors (Lipinski definition) is 2. The van der Waals surface area contributed by atoms with E-state index in [9.17, 15) is 9.59 Å². The van der Waals surface area contributed by atoms with Gasteiger partial charge in [0.25, 0.3) is 0 Å². The summed E-state index contributed by atoms with van der Waals surface area (Å²) in [5, 5.41) is 5.73. The molecule has 2 N–H and O–H groups in total. The fraction of sp³-hybridized carbons (Fsp3) is 0.364. The summed E-state index contributed by atoms with van der Waals surface area (Å²) >= 11 is 0. The van der Waals surface area contributed by atoms with Gasteiger partial charge < -0.3 is 15.4 Å². The van der Waals surface area contributed by atoms with Crippen LogP contribution in [0.4, 0.5) is 5.69 Å². The van der Waals surface area contributed by atoms with Crippen molar-refractivity contribution in [3.8, 4) is 5.75 Å². The number of ether oxygens (including phenoxy) is 1. The van der Waals surface area contributed by atoms with Gasteiger partial charge in [-0.1, -0.05) is 35.9 Å². The molecule has 3 rings (SSSR count). The first-order chi connectivity index (χ1) is 13.5. The lowest BCUT2D eigenvalue weighted by Gasteiger charge is -2.18. The highest BCUT2D eigenvalue weighted by Gasteiger charge is 2.17. The third-order valence-electron chi connectivity index (χ3n) is 4.73. The number of benzene rings is 2. The van der Waals surface area contributed by atoms with E-state index in [-0.39, 0.29) is 24.8 Å². The van der Waals surface area contributed by atoms with Crippen molar-refractivity contribution in [2.24, 2.45) is 0 Å². The van der Waals surface area contributed by atoms with Gasteiger partial charge in [0, 0.05) is 37.3 Å². The van der Waals surface area contributed by atoms with Crippen molar-refractivity contribution in [3.05, 3.63) is 59.2 Å². The van der Waals surface area contributed by atoms with Crippen LogP contribution in [0.2, 0.25) is 0 Å². The zero-order valence-corrected chi connectivity index (χ0v) is 16.5.